The van der Waals surface area contributed by atoms with Gasteiger partial charge in [-0.3, -0.25) is 10.1 Å². The highest BCUT2D eigenvalue weighted by atomic mass is 35.5. The summed E-state index contributed by atoms with van der Waals surface area (Å²) in [6.45, 7) is 1.29. The minimum atomic E-state index is -3.94. The fourth-order valence-corrected chi connectivity index (χ4v) is 5.05. The van der Waals surface area contributed by atoms with Crippen molar-refractivity contribution < 1.29 is 18.1 Å². The maximum absolute atomic E-state index is 13.2. The third kappa shape index (κ3) is 4.81. The Balaban J connectivity index is 2.00. The van der Waals surface area contributed by atoms with Crippen LogP contribution < -0.4 is 4.90 Å². The predicted octanol–water partition coefficient (Wildman–Crippen LogP) is 3.56. The molecule has 2 aromatic carbocycles. The molecule has 11 heteroatoms. The Morgan fingerprint density at radius 1 is 1.14 bits per heavy atom. The molecule has 0 spiro atoms. The Bertz CT molecular complexity index is 1030. The average molecular weight is 460 g/mol. The lowest BCUT2D eigenvalue weighted by molar-refractivity contribution is -0.385. The fourth-order valence-electron chi connectivity index (χ4n) is 3.06. The molecule has 1 heterocycles. The highest BCUT2D eigenvalue weighted by Crippen LogP contribution is 2.33. The lowest BCUT2D eigenvalue weighted by atomic mass is 10.2. The van der Waals surface area contributed by atoms with E-state index >= 15 is 0 Å². The first kappa shape index (κ1) is 21.8. The maximum Gasteiger partial charge on any atom is 0.270 e. The van der Waals surface area contributed by atoms with Crippen LogP contribution in [0.1, 0.15) is 5.56 Å². The van der Waals surface area contributed by atoms with Crippen molar-refractivity contribution in [1.29, 1.82) is 0 Å². The van der Waals surface area contributed by atoms with Crippen molar-refractivity contribution in [3.8, 4) is 0 Å². The van der Waals surface area contributed by atoms with Crippen LogP contribution in [0, 0.1) is 10.1 Å². The highest BCUT2D eigenvalue weighted by Gasteiger charge is 2.31. The van der Waals surface area contributed by atoms with Gasteiger partial charge in [0.1, 0.15) is 4.90 Å². The number of non-ortho nitro benzene ring substituents is 1. The summed E-state index contributed by atoms with van der Waals surface area (Å²) >= 11 is 12.0. The van der Waals surface area contributed by atoms with Crippen LogP contribution >= 0.6 is 23.2 Å². The molecule has 1 aliphatic heterocycles. The number of benzene rings is 2. The molecule has 156 valence electrons. The van der Waals surface area contributed by atoms with Crippen molar-refractivity contribution in [3.05, 3.63) is 62.1 Å². The molecular weight excluding hydrogens is 441 g/mol. The highest BCUT2D eigenvalue weighted by molar-refractivity contribution is 7.89. The third-order valence-corrected chi connectivity index (χ3v) is 7.22. The molecule has 0 saturated carbocycles. The van der Waals surface area contributed by atoms with Crippen molar-refractivity contribution in [2.45, 2.75) is 11.4 Å². The number of hydrogen-bond donors (Lipinski definition) is 0. The van der Waals surface area contributed by atoms with E-state index in [1.165, 1.54) is 16.4 Å². The molecule has 2 aromatic rings. The largest absolute Gasteiger partial charge is 0.379 e. The van der Waals surface area contributed by atoms with E-state index in [0.717, 1.165) is 11.6 Å². The van der Waals surface area contributed by atoms with E-state index in [1.54, 1.807) is 30.1 Å². The SMILES string of the molecule is CN(Cc1ccc(Cl)c(Cl)c1)c1ccc([N+](=O)[O-])cc1S(=O)(=O)N1CCOCC1. The predicted molar refractivity (Wildman–Crippen MR) is 111 cm³/mol. The van der Waals surface area contributed by atoms with Gasteiger partial charge in [0.15, 0.2) is 0 Å². The van der Waals surface area contributed by atoms with Gasteiger partial charge in [0.25, 0.3) is 5.69 Å². The van der Waals surface area contributed by atoms with Crippen LogP contribution in [0.15, 0.2) is 41.3 Å². The zero-order valence-electron chi connectivity index (χ0n) is 15.5. The zero-order valence-corrected chi connectivity index (χ0v) is 17.9. The first-order valence-corrected chi connectivity index (χ1v) is 10.9. The van der Waals surface area contributed by atoms with Gasteiger partial charge in [-0.05, 0) is 23.8 Å². The number of halogens is 2. The van der Waals surface area contributed by atoms with E-state index in [1.807, 2.05) is 0 Å². The molecule has 0 aromatic heterocycles. The van der Waals surface area contributed by atoms with Gasteiger partial charge in [-0.15, -0.1) is 0 Å². The summed E-state index contributed by atoms with van der Waals surface area (Å²) in [5.74, 6) is 0. The molecule has 1 saturated heterocycles. The number of sulfonamides is 1. The van der Waals surface area contributed by atoms with Gasteiger partial charge in [-0.1, -0.05) is 29.3 Å². The molecule has 0 unspecified atom stereocenters. The van der Waals surface area contributed by atoms with Gasteiger partial charge in [0, 0.05) is 38.8 Å². The number of nitro groups is 1. The summed E-state index contributed by atoms with van der Waals surface area (Å²) in [6.07, 6.45) is 0. The van der Waals surface area contributed by atoms with E-state index in [9.17, 15) is 18.5 Å². The average Bonchev–Trinajstić information content (AvgIpc) is 2.71. The molecule has 29 heavy (non-hydrogen) atoms. The van der Waals surface area contributed by atoms with Crippen molar-refractivity contribution in [2.24, 2.45) is 0 Å². The molecule has 0 bridgehead atoms. The van der Waals surface area contributed by atoms with Crippen LogP contribution in [-0.4, -0.2) is 51.0 Å². The van der Waals surface area contributed by atoms with Crippen LogP contribution in [0.5, 0.6) is 0 Å². The Kier molecular flexibility index (Phi) is 6.65. The van der Waals surface area contributed by atoms with Gasteiger partial charge in [-0.2, -0.15) is 4.31 Å². The van der Waals surface area contributed by atoms with Gasteiger partial charge < -0.3 is 9.64 Å². The normalized spacial score (nSPS) is 15.3. The molecule has 1 aliphatic rings. The fraction of sp³-hybridized carbons (Fsp3) is 0.333. The second-order valence-corrected chi connectivity index (χ2v) is 9.25. The van der Waals surface area contributed by atoms with Gasteiger partial charge in [-0.25, -0.2) is 8.42 Å². The Morgan fingerprint density at radius 3 is 2.45 bits per heavy atom. The first-order chi connectivity index (χ1) is 13.7. The van der Waals surface area contributed by atoms with Crippen LogP contribution in [-0.2, 0) is 21.3 Å². The molecular formula is C18H19Cl2N3O5S. The van der Waals surface area contributed by atoms with Crippen molar-refractivity contribution in [3.63, 3.8) is 0 Å². The summed E-state index contributed by atoms with van der Waals surface area (Å²) in [4.78, 5) is 12.2. The molecule has 0 radical (unpaired) electrons. The summed E-state index contributed by atoms with van der Waals surface area (Å²) in [5, 5.41) is 12.0. The lowest BCUT2D eigenvalue weighted by Gasteiger charge is -2.29. The monoisotopic (exact) mass is 459 g/mol. The zero-order chi connectivity index (χ0) is 21.2. The molecule has 0 aliphatic carbocycles. The Hall–Kier alpha value is -1.91. The molecule has 0 amide bonds. The molecule has 0 atom stereocenters. The minimum Gasteiger partial charge on any atom is -0.379 e. The van der Waals surface area contributed by atoms with E-state index in [-0.39, 0.29) is 36.9 Å². The summed E-state index contributed by atoms with van der Waals surface area (Å²) in [6, 6.07) is 8.98. The number of hydrogen-bond acceptors (Lipinski definition) is 6. The molecule has 3 rings (SSSR count). The van der Waals surface area contributed by atoms with E-state index in [0.29, 0.717) is 22.3 Å². The minimum absolute atomic E-state index is 0.115. The Morgan fingerprint density at radius 2 is 1.83 bits per heavy atom. The number of nitrogens with zero attached hydrogens (tertiary/aromatic N) is 3. The van der Waals surface area contributed by atoms with Gasteiger partial charge in [0.05, 0.1) is 33.9 Å². The second kappa shape index (κ2) is 8.85. The lowest BCUT2D eigenvalue weighted by Crippen LogP contribution is -2.41. The number of ether oxygens (including phenoxy) is 1. The van der Waals surface area contributed by atoms with Crippen LogP contribution in [0.25, 0.3) is 0 Å². The van der Waals surface area contributed by atoms with E-state index in [2.05, 4.69) is 0 Å². The topological polar surface area (TPSA) is 93.0 Å². The maximum atomic E-state index is 13.2. The number of rotatable bonds is 6. The molecule has 8 nitrogen and oxygen atoms in total. The van der Waals surface area contributed by atoms with Crippen LogP contribution in [0.3, 0.4) is 0 Å². The van der Waals surface area contributed by atoms with Crippen molar-refractivity contribution >= 4 is 44.6 Å². The van der Waals surface area contributed by atoms with E-state index in [4.69, 9.17) is 27.9 Å². The summed E-state index contributed by atoms with van der Waals surface area (Å²) < 4.78 is 32.9. The van der Waals surface area contributed by atoms with Crippen molar-refractivity contribution in [2.75, 3.05) is 38.3 Å². The molecule has 1 fully saturated rings. The summed E-state index contributed by atoms with van der Waals surface area (Å²) in [7, 11) is -2.23. The van der Waals surface area contributed by atoms with Crippen molar-refractivity contribution in [1.82, 2.24) is 4.31 Å². The van der Waals surface area contributed by atoms with Gasteiger partial charge in [0.2, 0.25) is 10.0 Å². The van der Waals surface area contributed by atoms with Crippen LogP contribution in [0.4, 0.5) is 11.4 Å². The van der Waals surface area contributed by atoms with E-state index < -0.39 is 14.9 Å². The second-order valence-electron chi connectivity index (χ2n) is 6.53. The smallest absolute Gasteiger partial charge is 0.270 e. The van der Waals surface area contributed by atoms with Gasteiger partial charge >= 0.3 is 0 Å². The number of anilines is 1. The summed E-state index contributed by atoms with van der Waals surface area (Å²) in [5.41, 5.74) is 0.881. The molecule has 0 N–H and O–H groups in total. The number of morpholine rings is 1. The standard InChI is InChI=1S/C18H19Cl2N3O5S/c1-21(12-13-2-4-15(19)16(20)10-13)17-5-3-14(23(24)25)11-18(17)29(26,27)22-6-8-28-9-7-22/h2-5,10-11H,6-9,12H2,1H3. The number of nitro benzene ring substituents is 1. The first-order valence-electron chi connectivity index (χ1n) is 8.71. The third-order valence-electron chi connectivity index (χ3n) is 4.56. The van der Waals surface area contributed by atoms with Crippen LogP contribution in [0.2, 0.25) is 10.0 Å². The Labute approximate surface area is 178 Å². The quantitative estimate of drug-likeness (QED) is 0.484.